The number of rotatable bonds is 4. The lowest BCUT2D eigenvalue weighted by atomic mass is 10.0. The van der Waals surface area contributed by atoms with Gasteiger partial charge >= 0.3 is 5.97 Å². The minimum Gasteiger partial charge on any atom is -0.481 e. The highest BCUT2D eigenvalue weighted by molar-refractivity contribution is 5.95. The average Bonchev–Trinajstić information content (AvgIpc) is 2.40. The summed E-state index contributed by atoms with van der Waals surface area (Å²) in [5, 5.41) is 8.90. The molecule has 0 aromatic heterocycles. The second-order valence-electron chi connectivity index (χ2n) is 5.39. The molecule has 1 aliphatic rings. The lowest BCUT2D eigenvalue weighted by molar-refractivity contribution is -0.141. The number of carbonyl (C=O) groups is 2. The Labute approximate surface area is 118 Å². The molecule has 5 heteroatoms. The number of carbonyl (C=O) groups excluding carboxylic acids is 1. The number of hydrogen-bond donors (Lipinski definition) is 1. The van der Waals surface area contributed by atoms with Gasteiger partial charge in [0.15, 0.2) is 0 Å². The molecule has 1 fully saturated rings. The minimum atomic E-state index is -0.789. The number of hydrogen-bond acceptors (Lipinski definition) is 3. The van der Waals surface area contributed by atoms with Crippen LogP contribution in [0.1, 0.15) is 12.5 Å². The highest BCUT2D eigenvalue weighted by Gasteiger charge is 2.22. The van der Waals surface area contributed by atoms with Gasteiger partial charge in [0.1, 0.15) is 0 Å². The van der Waals surface area contributed by atoms with Crippen molar-refractivity contribution < 1.29 is 14.7 Å². The lowest BCUT2D eigenvalue weighted by Gasteiger charge is -2.32. The zero-order valence-corrected chi connectivity index (χ0v) is 11.9. The van der Waals surface area contributed by atoms with Crippen molar-refractivity contribution in [3.63, 3.8) is 0 Å². The van der Waals surface area contributed by atoms with Crippen LogP contribution >= 0.6 is 0 Å². The predicted octanol–water partition coefficient (Wildman–Crippen LogP) is 1.23. The second kappa shape index (κ2) is 6.05. The van der Waals surface area contributed by atoms with Gasteiger partial charge in [0.05, 0.1) is 12.5 Å². The van der Waals surface area contributed by atoms with Gasteiger partial charge in [-0.25, -0.2) is 0 Å². The molecule has 1 saturated heterocycles. The maximum atomic E-state index is 12.0. The smallest absolute Gasteiger partial charge is 0.306 e. The van der Waals surface area contributed by atoms with E-state index in [0.29, 0.717) is 19.5 Å². The van der Waals surface area contributed by atoms with Crippen LogP contribution in [-0.4, -0.2) is 48.6 Å². The monoisotopic (exact) mass is 276 g/mol. The van der Waals surface area contributed by atoms with Gasteiger partial charge in [-0.05, 0) is 31.2 Å². The summed E-state index contributed by atoms with van der Waals surface area (Å²) in [5.41, 5.74) is 1.86. The van der Waals surface area contributed by atoms with Gasteiger partial charge in [-0.3, -0.25) is 14.5 Å². The predicted molar refractivity (Wildman–Crippen MR) is 76.8 cm³/mol. The van der Waals surface area contributed by atoms with Crippen molar-refractivity contribution in [1.29, 1.82) is 0 Å². The molecule has 0 aliphatic carbocycles. The Balaban J connectivity index is 2.04. The molecule has 20 heavy (non-hydrogen) atoms. The van der Waals surface area contributed by atoms with Crippen molar-refractivity contribution in [2.75, 3.05) is 31.6 Å². The van der Waals surface area contributed by atoms with E-state index in [4.69, 9.17) is 5.11 Å². The summed E-state index contributed by atoms with van der Waals surface area (Å²) in [4.78, 5) is 26.6. The Morgan fingerprint density at radius 2 is 1.95 bits per heavy atom. The minimum absolute atomic E-state index is 0.102. The summed E-state index contributed by atoms with van der Waals surface area (Å²) in [6.07, 6.45) is 0.506. The third kappa shape index (κ3) is 3.36. The number of piperazine rings is 1. The first-order valence-corrected chi connectivity index (χ1v) is 6.78. The van der Waals surface area contributed by atoms with Gasteiger partial charge in [0, 0.05) is 18.8 Å². The van der Waals surface area contributed by atoms with Crippen LogP contribution in [0.4, 0.5) is 5.69 Å². The van der Waals surface area contributed by atoms with Crippen molar-refractivity contribution >= 4 is 17.6 Å². The number of carboxylic acids is 1. The maximum absolute atomic E-state index is 12.0. The largest absolute Gasteiger partial charge is 0.481 e. The van der Waals surface area contributed by atoms with Crippen LogP contribution in [0.2, 0.25) is 0 Å². The van der Waals surface area contributed by atoms with E-state index in [1.165, 1.54) is 0 Å². The first kappa shape index (κ1) is 14.5. The standard InChI is InChI=1S/C15H20N2O3/c1-11(15(19)20)9-12-3-5-13(6-4-12)17-8-7-16(2)10-14(17)18/h3-6,11H,7-10H2,1-2H3,(H,19,20). The molecule has 1 aromatic carbocycles. The van der Waals surface area contributed by atoms with Crippen LogP contribution in [0.5, 0.6) is 0 Å². The molecule has 1 N–H and O–H groups in total. The third-order valence-electron chi connectivity index (χ3n) is 3.62. The van der Waals surface area contributed by atoms with Crippen LogP contribution in [0, 0.1) is 5.92 Å². The van der Waals surface area contributed by atoms with E-state index in [9.17, 15) is 9.59 Å². The zero-order valence-electron chi connectivity index (χ0n) is 11.9. The molecule has 2 rings (SSSR count). The Hall–Kier alpha value is -1.88. The highest BCUT2D eigenvalue weighted by Crippen LogP contribution is 2.19. The molecule has 1 unspecified atom stereocenters. The molecule has 0 saturated carbocycles. The number of carboxylic acid groups (broad SMARTS) is 1. The van der Waals surface area contributed by atoms with Crippen LogP contribution in [0.25, 0.3) is 0 Å². The van der Waals surface area contributed by atoms with Crippen molar-refractivity contribution in [3.05, 3.63) is 29.8 Å². The Morgan fingerprint density at radius 3 is 2.50 bits per heavy atom. The van der Waals surface area contributed by atoms with Gasteiger partial charge in [-0.1, -0.05) is 19.1 Å². The summed E-state index contributed by atoms with van der Waals surface area (Å²) in [6.45, 7) is 3.70. The first-order chi connectivity index (χ1) is 9.47. The van der Waals surface area contributed by atoms with Gasteiger partial charge < -0.3 is 10.0 Å². The Kier molecular flexibility index (Phi) is 4.39. The van der Waals surface area contributed by atoms with E-state index in [1.54, 1.807) is 11.8 Å². The van der Waals surface area contributed by atoms with E-state index in [1.807, 2.05) is 36.2 Å². The Morgan fingerprint density at radius 1 is 1.30 bits per heavy atom. The normalized spacial score (nSPS) is 18.1. The quantitative estimate of drug-likeness (QED) is 0.898. The van der Waals surface area contributed by atoms with Crippen molar-refractivity contribution in [2.45, 2.75) is 13.3 Å². The molecule has 1 atom stereocenters. The summed E-state index contributed by atoms with van der Waals surface area (Å²) in [5.74, 6) is -1.08. The fourth-order valence-corrected chi connectivity index (χ4v) is 2.32. The van der Waals surface area contributed by atoms with Crippen LogP contribution in [0.3, 0.4) is 0 Å². The molecule has 1 heterocycles. The van der Waals surface area contributed by atoms with E-state index in [2.05, 4.69) is 0 Å². The average molecular weight is 276 g/mol. The summed E-state index contributed by atoms with van der Waals surface area (Å²) < 4.78 is 0. The first-order valence-electron chi connectivity index (χ1n) is 6.78. The molecule has 0 bridgehead atoms. The molecule has 5 nitrogen and oxygen atoms in total. The summed E-state index contributed by atoms with van der Waals surface area (Å²) >= 11 is 0. The molecule has 1 aromatic rings. The number of anilines is 1. The number of nitrogens with zero attached hydrogens (tertiary/aromatic N) is 2. The molecule has 0 radical (unpaired) electrons. The van der Waals surface area contributed by atoms with E-state index in [-0.39, 0.29) is 5.91 Å². The van der Waals surface area contributed by atoms with E-state index < -0.39 is 11.9 Å². The lowest BCUT2D eigenvalue weighted by Crippen LogP contribution is -2.48. The maximum Gasteiger partial charge on any atom is 0.306 e. The second-order valence-corrected chi connectivity index (χ2v) is 5.39. The number of aliphatic carboxylic acids is 1. The van der Waals surface area contributed by atoms with E-state index >= 15 is 0 Å². The Bertz CT molecular complexity index is 498. The van der Waals surface area contributed by atoms with Gasteiger partial charge in [-0.15, -0.1) is 0 Å². The molecule has 108 valence electrons. The van der Waals surface area contributed by atoms with E-state index in [0.717, 1.165) is 17.8 Å². The zero-order chi connectivity index (χ0) is 14.7. The van der Waals surface area contributed by atoms with Crippen molar-refractivity contribution in [3.8, 4) is 0 Å². The van der Waals surface area contributed by atoms with Gasteiger partial charge in [-0.2, -0.15) is 0 Å². The summed E-state index contributed by atoms with van der Waals surface area (Å²) in [7, 11) is 1.94. The summed E-state index contributed by atoms with van der Waals surface area (Å²) in [6, 6.07) is 7.60. The fourth-order valence-electron chi connectivity index (χ4n) is 2.32. The molecule has 1 aliphatic heterocycles. The van der Waals surface area contributed by atoms with Gasteiger partial charge in [0.25, 0.3) is 0 Å². The number of likely N-dealkylation sites (N-methyl/N-ethyl adjacent to an activating group) is 1. The third-order valence-corrected chi connectivity index (χ3v) is 3.62. The van der Waals surface area contributed by atoms with Crippen LogP contribution in [0.15, 0.2) is 24.3 Å². The molecular weight excluding hydrogens is 256 g/mol. The van der Waals surface area contributed by atoms with Gasteiger partial charge in [0.2, 0.25) is 5.91 Å². The molecule has 0 spiro atoms. The highest BCUT2D eigenvalue weighted by atomic mass is 16.4. The van der Waals surface area contributed by atoms with Crippen molar-refractivity contribution in [2.24, 2.45) is 5.92 Å². The fraction of sp³-hybridized carbons (Fsp3) is 0.467. The van der Waals surface area contributed by atoms with Crippen molar-refractivity contribution in [1.82, 2.24) is 4.90 Å². The van der Waals surface area contributed by atoms with Crippen LogP contribution < -0.4 is 4.90 Å². The molecular formula is C15H20N2O3. The number of benzene rings is 1. The molecule has 1 amide bonds. The van der Waals surface area contributed by atoms with Crippen LogP contribution in [-0.2, 0) is 16.0 Å². The number of amides is 1. The topological polar surface area (TPSA) is 60.9 Å². The SMILES string of the molecule is CC(Cc1ccc(N2CCN(C)CC2=O)cc1)C(=O)O.